The summed E-state index contributed by atoms with van der Waals surface area (Å²) in [6.07, 6.45) is 3.18. The number of nitrogen functional groups attached to an aromatic ring is 1. The average molecular weight is 546 g/mol. The number of aromatic nitrogens is 3. The van der Waals surface area contributed by atoms with Crippen LogP contribution in [0.2, 0.25) is 0 Å². The number of anilines is 1. The van der Waals surface area contributed by atoms with E-state index in [2.05, 4.69) is 32.6 Å². The Hall–Kier alpha value is -2.03. The quantitative estimate of drug-likeness (QED) is 0.334. The van der Waals surface area contributed by atoms with Crippen molar-refractivity contribution in [2.24, 2.45) is 0 Å². The maximum absolute atomic E-state index is 12.0. The number of nitrogens with two attached hydrogens (primary N) is 1. The molecule has 0 aromatic carbocycles. The summed E-state index contributed by atoms with van der Waals surface area (Å²) in [4.78, 5) is 32.1. The molecule has 0 aliphatic carbocycles. The number of rotatable bonds is 5. The van der Waals surface area contributed by atoms with Crippen LogP contribution in [-0.2, 0) is 33.3 Å². The van der Waals surface area contributed by atoms with Gasteiger partial charge in [0.2, 0.25) is 0 Å². The first-order valence-electron chi connectivity index (χ1n) is 9.62. The molecule has 12 heteroatoms. The largest absolute Gasteiger partial charge is 0.458 e. The van der Waals surface area contributed by atoms with Gasteiger partial charge in [-0.1, -0.05) is 22.6 Å². The molecule has 5 atom stereocenters. The molecule has 0 amide bonds. The highest BCUT2D eigenvalue weighted by atomic mass is 127. The van der Waals surface area contributed by atoms with Gasteiger partial charge in [-0.25, -0.2) is 14.8 Å². The molecular formula is C19H23IN4O7. The summed E-state index contributed by atoms with van der Waals surface area (Å²) >= 11 is 2.16. The van der Waals surface area contributed by atoms with E-state index in [-0.39, 0.29) is 16.3 Å². The monoisotopic (exact) mass is 546 g/mol. The van der Waals surface area contributed by atoms with E-state index in [4.69, 9.17) is 29.4 Å². The zero-order valence-electron chi connectivity index (χ0n) is 17.4. The maximum Gasteiger partial charge on any atom is 0.342 e. The van der Waals surface area contributed by atoms with Crippen LogP contribution in [0.1, 0.15) is 39.5 Å². The van der Waals surface area contributed by atoms with Crippen molar-refractivity contribution in [2.45, 2.75) is 61.5 Å². The molecule has 4 heterocycles. The molecule has 4 rings (SSSR count). The van der Waals surface area contributed by atoms with Crippen LogP contribution >= 0.6 is 22.6 Å². The van der Waals surface area contributed by atoms with E-state index in [0.29, 0.717) is 11.3 Å². The molecule has 11 nitrogen and oxygen atoms in total. The molecule has 168 valence electrons. The normalized spacial score (nSPS) is 32.4. The van der Waals surface area contributed by atoms with Crippen LogP contribution in [0.3, 0.4) is 0 Å². The van der Waals surface area contributed by atoms with Gasteiger partial charge in [0.05, 0.1) is 28.5 Å². The first-order chi connectivity index (χ1) is 14.5. The molecule has 0 spiro atoms. The van der Waals surface area contributed by atoms with Gasteiger partial charge in [-0.15, -0.1) is 0 Å². The second-order valence-electron chi connectivity index (χ2n) is 7.98. The minimum atomic E-state index is -1.53. The predicted molar refractivity (Wildman–Crippen MR) is 114 cm³/mol. The highest BCUT2D eigenvalue weighted by Crippen LogP contribution is 2.41. The standard InChI is InChI=1S/C19H23IN4O7/c1-9(25)28-14-12(20)11(8-27-19(4)30-17(26)18(2,3)31-19)29-13(14)10-7-23-16-15(21)22-5-6-24(10)16/h5-7,11-14H,8H2,1-4H3,(H2,21,22)/t11-,12+,13+,14-,19?/m1/s1. The molecule has 2 aliphatic rings. The third-order valence-corrected chi connectivity index (χ3v) is 6.60. The lowest BCUT2D eigenvalue weighted by Gasteiger charge is -2.25. The summed E-state index contributed by atoms with van der Waals surface area (Å²) in [5.74, 6) is -2.20. The Morgan fingerprint density at radius 2 is 2.10 bits per heavy atom. The molecule has 2 aliphatic heterocycles. The van der Waals surface area contributed by atoms with Crippen molar-refractivity contribution >= 4 is 46.0 Å². The number of fused-ring (bicyclic) bond motifs is 1. The van der Waals surface area contributed by atoms with Crippen LogP contribution in [0.15, 0.2) is 18.6 Å². The van der Waals surface area contributed by atoms with Gasteiger partial charge in [0.15, 0.2) is 17.1 Å². The van der Waals surface area contributed by atoms with Crippen LogP contribution < -0.4 is 5.73 Å². The number of hydrogen-bond donors (Lipinski definition) is 1. The van der Waals surface area contributed by atoms with Crippen LogP contribution in [0.25, 0.3) is 5.65 Å². The lowest BCUT2D eigenvalue weighted by Crippen LogP contribution is -2.38. The highest BCUT2D eigenvalue weighted by molar-refractivity contribution is 14.1. The molecule has 2 fully saturated rings. The molecule has 2 aromatic heterocycles. The summed E-state index contributed by atoms with van der Waals surface area (Å²) in [7, 11) is 0. The second-order valence-corrected chi connectivity index (χ2v) is 9.42. The van der Waals surface area contributed by atoms with Crippen molar-refractivity contribution < 1.29 is 33.3 Å². The lowest BCUT2D eigenvalue weighted by atomic mass is 10.1. The zero-order chi connectivity index (χ0) is 22.6. The van der Waals surface area contributed by atoms with Crippen molar-refractivity contribution in [3.8, 4) is 0 Å². The molecule has 0 bridgehead atoms. The number of halogens is 1. The van der Waals surface area contributed by atoms with Crippen molar-refractivity contribution in [2.75, 3.05) is 12.3 Å². The Morgan fingerprint density at radius 3 is 2.74 bits per heavy atom. The third-order valence-electron chi connectivity index (χ3n) is 5.09. The van der Waals surface area contributed by atoms with Gasteiger partial charge in [-0.05, 0) is 13.8 Å². The molecule has 2 N–H and O–H groups in total. The number of carbonyl (C=O) groups excluding carboxylic acids is 2. The van der Waals surface area contributed by atoms with Crippen LogP contribution in [0, 0.1) is 0 Å². The Labute approximate surface area is 191 Å². The second kappa shape index (κ2) is 7.83. The van der Waals surface area contributed by atoms with Gasteiger partial charge in [-0.3, -0.25) is 13.9 Å². The fraction of sp³-hybridized carbons (Fsp3) is 0.579. The van der Waals surface area contributed by atoms with E-state index in [1.165, 1.54) is 13.8 Å². The lowest BCUT2D eigenvalue weighted by molar-refractivity contribution is -0.334. The first-order valence-corrected chi connectivity index (χ1v) is 10.9. The van der Waals surface area contributed by atoms with Crippen molar-refractivity contribution in [3.05, 3.63) is 24.3 Å². The summed E-state index contributed by atoms with van der Waals surface area (Å²) in [5, 5.41) is 0. The van der Waals surface area contributed by atoms with Crippen LogP contribution in [-0.4, -0.2) is 60.6 Å². The minimum Gasteiger partial charge on any atom is -0.458 e. The number of ether oxygens (including phenoxy) is 5. The van der Waals surface area contributed by atoms with Gasteiger partial charge in [0, 0.05) is 26.2 Å². The Kier molecular flexibility index (Phi) is 5.60. The van der Waals surface area contributed by atoms with Crippen LogP contribution in [0.5, 0.6) is 0 Å². The smallest absolute Gasteiger partial charge is 0.342 e. The van der Waals surface area contributed by atoms with E-state index in [0.717, 1.165) is 0 Å². The van der Waals surface area contributed by atoms with E-state index in [9.17, 15) is 9.59 Å². The van der Waals surface area contributed by atoms with Gasteiger partial charge >= 0.3 is 17.9 Å². The molecule has 0 radical (unpaired) electrons. The van der Waals surface area contributed by atoms with Crippen LogP contribution in [0.4, 0.5) is 5.82 Å². The van der Waals surface area contributed by atoms with E-state index < -0.39 is 41.8 Å². The fourth-order valence-corrected chi connectivity index (χ4v) is 4.59. The fourth-order valence-electron chi connectivity index (χ4n) is 3.69. The summed E-state index contributed by atoms with van der Waals surface area (Å²) in [6, 6.07) is 0. The number of cyclic esters (lactones) is 1. The molecule has 2 saturated heterocycles. The van der Waals surface area contributed by atoms with Gasteiger partial charge in [0.25, 0.3) is 0 Å². The number of hydrogen-bond acceptors (Lipinski definition) is 10. The average Bonchev–Trinajstić information content (AvgIpc) is 3.28. The van der Waals surface area contributed by atoms with Crippen molar-refractivity contribution in [1.29, 1.82) is 0 Å². The summed E-state index contributed by atoms with van der Waals surface area (Å²) in [6.45, 7) is 6.13. The molecule has 2 aromatic rings. The third kappa shape index (κ3) is 4.08. The number of alkyl halides is 1. The Morgan fingerprint density at radius 1 is 1.35 bits per heavy atom. The zero-order valence-corrected chi connectivity index (χ0v) is 19.6. The van der Waals surface area contributed by atoms with Gasteiger partial charge < -0.3 is 24.7 Å². The van der Waals surface area contributed by atoms with Gasteiger partial charge in [-0.2, -0.15) is 0 Å². The molecule has 1 unspecified atom stereocenters. The summed E-state index contributed by atoms with van der Waals surface area (Å²) < 4.78 is 30.0. The number of nitrogens with zero attached hydrogens (tertiary/aromatic N) is 3. The van der Waals surface area contributed by atoms with Crippen molar-refractivity contribution in [3.63, 3.8) is 0 Å². The molecule has 31 heavy (non-hydrogen) atoms. The Balaban J connectivity index is 1.56. The number of esters is 2. The number of carbonyl (C=O) groups is 2. The Bertz CT molecular complexity index is 1030. The van der Waals surface area contributed by atoms with E-state index in [1.807, 2.05) is 0 Å². The minimum absolute atomic E-state index is 0.0438. The predicted octanol–water partition coefficient (Wildman–Crippen LogP) is 1.53. The molecule has 0 saturated carbocycles. The summed E-state index contributed by atoms with van der Waals surface area (Å²) in [5.41, 5.74) is 5.94. The SMILES string of the molecule is CC(=O)O[C@@H]1[C@@H](I)[C@@H](COC2(C)OC(=O)C(C)(C)O2)O[C@H]1c1cnc2c(N)nccn12. The topological polar surface area (TPSA) is 136 Å². The highest BCUT2D eigenvalue weighted by Gasteiger charge is 2.53. The number of imidazole rings is 1. The maximum atomic E-state index is 12.0. The van der Waals surface area contributed by atoms with Gasteiger partial charge in [0.1, 0.15) is 12.2 Å². The van der Waals surface area contributed by atoms with Crippen molar-refractivity contribution in [1.82, 2.24) is 14.4 Å². The van der Waals surface area contributed by atoms with E-state index >= 15 is 0 Å². The first kappa shape index (κ1) is 22.2. The molecular weight excluding hydrogens is 523 g/mol. The van der Waals surface area contributed by atoms with E-state index in [1.54, 1.807) is 36.8 Å².